The maximum atomic E-state index is 4.43. The van der Waals surface area contributed by atoms with Crippen molar-refractivity contribution in [2.24, 2.45) is 0 Å². The van der Waals surface area contributed by atoms with Gasteiger partial charge in [-0.2, -0.15) is 0 Å². The van der Waals surface area contributed by atoms with Gasteiger partial charge >= 0.3 is 0 Å². The fourth-order valence-corrected chi connectivity index (χ4v) is 2.62. The highest BCUT2D eigenvalue weighted by atomic mass is 79.9. The van der Waals surface area contributed by atoms with E-state index in [1.165, 1.54) is 5.56 Å². The van der Waals surface area contributed by atoms with Crippen LogP contribution in [-0.4, -0.2) is 17.0 Å². The molecule has 0 aromatic carbocycles. The predicted octanol–water partition coefficient (Wildman–Crippen LogP) is 3.25. The Balaban J connectivity index is 2.11. The molecule has 0 bridgehead atoms. The lowest BCUT2D eigenvalue weighted by atomic mass is 10.3. The first kappa shape index (κ1) is 11.5. The van der Waals surface area contributed by atoms with Crippen LogP contribution in [0.3, 0.4) is 0 Å². The molecule has 0 aliphatic rings. The van der Waals surface area contributed by atoms with E-state index in [9.17, 15) is 0 Å². The number of nitrogens with zero attached hydrogens (tertiary/aromatic N) is 3. The van der Waals surface area contributed by atoms with Crippen LogP contribution in [0.4, 0.5) is 5.82 Å². The molecule has 0 spiro atoms. The standard InChI is InChI=1S/C11H12BrN3S/c1-8-4-13-5-11(14-8)15(2)6-9-3-10(12)16-7-9/h3-5,7H,6H2,1-2H3. The highest BCUT2D eigenvalue weighted by molar-refractivity contribution is 9.11. The van der Waals surface area contributed by atoms with E-state index in [0.717, 1.165) is 21.8 Å². The van der Waals surface area contributed by atoms with Crippen molar-refractivity contribution in [2.75, 3.05) is 11.9 Å². The quantitative estimate of drug-likeness (QED) is 0.871. The maximum Gasteiger partial charge on any atom is 0.147 e. The molecule has 5 heteroatoms. The van der Waals surface area contributed by atoms with Gasteiger partial charge in [0, 0.05) is 19.8 Å². The first-order valence-corrected chi connectivity index (χ1v) is 6.55. The molecule has 0 N–H and O–H groups in total. The van der Waals surface area contributed by atoms with Crippen molar-refractivity contribution in [2.45, 2.75) is 13.5 Å². The maximum absolute atomic E-state index is 4.43. The molecule has 0 aliphatic heterocycles. The number of anilines is 1. The van der Waals surface area contributed by atoms with Gasteiger partial charge in [0.2, 0.25) is 0 Å². The molecule has 0 amide bonds. The highest BCUT2D eigenvalue weighted by Crippen LogP contribution is 2.22. The van der Waals surface area contributed by atoms with Crippen molar-refractivity contribution in [1.82, 2.24) is 9.97 Å². The minimum atomic E-state index is 0.847. The lowest BCUT2D eigenvalue weighted by Gasteiger charge is -2.17. The van der Waals surface area contributed by atoms with Crippen molar-refractivity contribution in [3.8, 4) is 0 Å². The summed E-state index contributed by atoms with van der Waals surface area (Å²) in [6.45, 7) is 2.80. The topological polar surface area (TPSA) is 29.0 Å². The molecular weight excluding hydrogens is 286 g/mol. The summed E-state index contributed by atoms with van der Waals surface area (Å²) in [7, 11) is 2.02. The Morgan fingerprint density at radius 3 is 2.88 bits per heavy atom. The second kappa shape index (κ2) is 4.93. The molecule has 16 heavy (non-hydrogen) atoms. The summed E-state index contributed by atoms with van der Waals surface area (Å²) in [5, 5.41) is 2.14. The van der Waals surface area contributed by atoms with Crippen LogP contribution in [0.2, 0.25) is 0 Å². The van der Waals surface area contributed by atoms with Crippen molar-refractivity contribution in [1.29, 1.82) is 0 Å². The Labute approximate surface area is 107 Å². The van der Waals surface area contributed by atoms with Gasteiger partial charge in [0.1, 0.15) is 5.82 Å². The van der Waals surface area contributed by atoms with Gasteiger partial charge < -0.3 is 4.90 Å². The summed E-state index contributed by atoms with van der Waals surface area (Å²) in [6.07, 6.45) is 3.55. The number of aromatic nitrogens is 2. The average Bonchev–Trinajstić information content (AvgIpc) is 2.64. The van der Waals surface area contributed by atoms with Gasteiger partial charge in [-0.25, -0.2) is 4.98 Å². The number of thiophene rings is 1. The van der Waals surface area contributed by atoms with E-state index in [2.05, 4.69) is 42.2 Å². The first-order chi connectivity index (χ1) is 7.65. The lowest BCUT2D eigenvalue weighted by molar-refractivity contribution is 0.885. The fourth-order valence-electron chi connectivity index (χ4n) is 1.42. The van der Waals surface area contributed by atoms with Crippen molar-refractivity contribution in [3.63, 3.8) is 0 Å². The zero-order chi connectivity index (χ0) is 11.5. The van der Waals surface area contributed by atoms with E-state index in [-0.39, 0.29) is 0 Å². The molecule has 0 radical (unpaired) electrons. The van der Waals surface area contributed by atoms with Crippen LogP contribution in [0.15, 0.2) is 27.6 Å². The van der Waals surface area contributed by atoms with Crippen LogP contribution >= 0.6 is 27.3 Å². The second-order valence-corrected chi connectivity index (χ2v) is 5.92. The Bertz CT molecular complexity index is 484. The van der Waals surface area contributed by atoms with Crippen LogP contribution < -0.4 is 4.90 Å². The Hall–Kier alpha value is -0.940. The van der Waals surface area contributed by atoms with Crippen LogP contribution in [0.25, 0.3) is 0 Å². The van der Waals surface area contributed by atoms with Crippen LogP contribution in [-0.2, 0) is 6.54 Å². The van der Waals surface area contributed by atoms with E-state index in [4.69, 9.17) is 0 Å². The summed E-state index contributed by atoms with van der Waals surface area (Å²) in [5.74, 6) is 0.905. The summed E-state index contributed by atoms with van der Waals surface area (Å²) >= 11 is 5.16. The molecule has 3 nitrogen and oxygen atoms in total. The average molecular weight is 298 g/mol. The Kier molecular flexibility index (Phi) is 3.56. The zero-order valence-corrected chi connectivity index (χ0v) is 11.5. The van der Waals surface area contributed by atoms with E-state index in [0.29, 0.717) is 0 Å². The lowest BCUT2D eigenvalue weighted by Crippen LogP contribution is -2.17. The Morgan fingerprint density at radius 2 is 2.25 bits per heavy atom. The van der Waals surface area contributed by atoms with Gasteiger partial charge in [-0.3, -0.25) is 4.98 Å². The largest absolute Gasteiger partial charge is 0.354 e. The second-order valence-electron chi connectivity index (χ2n) is 3.63. The molecular formula is C11H12BrN3S. The number of hydrogen-bond acceptors (Lipinski definition) is 4. The van der Waals surface area contributed by atoms with Crippen molar-refractivity contribution >= 4 is 33.1 Å². The molecule has 0 saturated heterocycles. The van der Waals surface area contributed by atoms with E-state index in [1.807, 2.05) is 14.0 Å². The monoisotopic (exact) mass is 297 g/mol. The third-order valence-electron chi connectivity index (χ3n) is 2.17. The summed E-state index contributed by atoms with van der Waals surface area (Å²) in [5.41, 5.74) is 2.22. The molecule has 2 heterocycles. The molecule has 2 aromatic rings. The minimum absolute atomic E-state index is 0.847. The van der Waals surface area contributed by atoms with Gasteiger partial charge in [-0.15, -0.1) is 11.3 Å². The van der Waals surface area contributed by atoms with E-state index >= 15 is 0 Å². The molecule has 84 valence electrons. The van der Waals surface area contributed by atoms with Gasteiger partial charge in [-0.1, -0.05) is 0 Å². The van der Waals surface area contributed by atoms with Gasteiger partial charge in [-0.05, 0) is 39.9 Å². The summed E-state index contributed by atoms with van der Waals surface area (Å²) < 4.78 is 1.16. The summed E-state index contributed by atoms with van der Waals surface area (Å²) in [4.78, 5) is 10.7. The van der Waals surface area contributed by atoms with Gasteiger partial charge in [0.15, 0.2) is 0 Å². The molecule has 0 unspecified atom stereocenters. The zero-order valence-electron chi connectivity index (χ0n) is 9.14. The fraction of sp³-hybridized carbons (Fsp3) is 0.273. The number of hydrogen-bond donors (Lipinski definition) is 0. The molecule has 2 aromatic heterocycles. The van der Waals surface area contributed by atoms with Crippen molar-refractivity contribution in [3.05, 3.63) is 38.9 Å². The summed E-state index contributed by atoms with van der Waals surface area (Å²) in [6, 6.07) is 2.13. The van der Waals surface area contributed by atoms with E-state index in [1.54, 1.807) is 23.7 Å². The molecule has 2 rings (SSSR count). The number of aryl methyl sites for hydroxylation is 1. The predicted molar refractivity (Wildman–Crippen MR) is 70.9 cm³/mol. The third-order valence-corrected chi connectivity index (χ3v) is 3.73. The third kappa shape index (κ3) is 2.80. The van der Waals surface area contributed by atoms with Crippen molar-refractivity contribution < 1.29 is 0 Å². The molecule has 0 fully saturated rings. The highest BCUT2D eigenvalue weighted by Gasteiger charge is 2.05. The normalized spacial score (nSPS) is 10.4. The smallest absolute Gasteiger partial charge is 0.147 e. The van der Waals surface area contributed by atoms with Gasteiger partial charge in [0.25, 0.3) is 0 Å². The number of rotatable bonds is 3. The SMILES string of the molecule is Cc1cncc(N(C)Cc2csc(Br)c2)n1. The van der Waals surface area contributed by atoms with Crippen LogP contribution in [0.5, 0.6) is 0 Å². The molecule has 0 aliphatic carbocycles. The van der Waals surface area contributed by atoms with Crippen LogP contribution in [0.1, 0.15) is 11.3 Å². The molecule has 0 saturated carbocycles. The molecule has 0 atom stereocenters. The first-order valence-electron chi connectivity index (χ1n) is 4.88. The van der Waals surface area contributed by atoms with E-state index < -0.39 is 0 Å². The minimum Gasteiger partial charge on any atom is -0.354 e. The van der Waals surface area contributed by atoms with Crippen LogP contribution in [0, 0.1) is 6.92 Å². The Morgan fingerprint density at radius 1 is 1.44 bits per heavy atom. The number of halogens is 1. The van der Waals surface area contributed by atoms with Gasteiger partial charge in [0.05, 0.1) is 15.7 Å².